The molecule has 0 aliphatic carbocycles. The van der Waals surface area contributed by atoms with Crippen molar-refractivity contribution in [1.29, 1.82) is 0 Å². The molecule has 0 aromatic carbocycles. The van der Waals surface area contributed by atoms with Gasteiger partial charge in [-0.05, 0) is 0 Å². The number of hydrogen-bond acceptors (Lipinski definition) is 0. The van der Waals surface area contributed by atoms with Crippen LogP contribution in [-0.4, -0.2) is 33.5 Å². The second-order valence-electron chi connectivity index (χ2n) is 6.05. The predicted molar refractivity (Wildman–Crippen MR) is 105 cm³/mol. The van der Waals surface area contributed by atoms with E-state index < -0.39 is 0 Å². The molecule has 0 fully saturated rings. The van der Waals surface area contributed by atoms with Gasteiger partial charge < -0.3 is 11.0 Å². The molecule has 0 aromatic rings. The number of unbranched alkanes of at least 4 members (excludes halogenated alkanes) is 15. The average Bonchev–Trinajstić information content (AvgIpc) is 2.43. The van der Waals surface area contributed by atoms with Crippen molar-refractivity contribution < 1.29 is 11.0 Å². The molecule has 0 aromatic heterocycles. The van der Waals surface area contributed by atoms with E-state index in [0.29, 0.717) is 0 Å². The second-order valence-corrected chi connectivity index (χ2v) is 7.48. The molecule has 0 unspecified atom stereocenters. The van der Waals surface area contributed by atoms with Gasteiger partial charge in [0.1, 0.15) is 0 Å². The van der Waals surface area contributed by atoms with Crippen LogP contribution in [0.2, 0.25) is 4.44 Å². The molecule has 2 nitrogen and oxygen atoms in total. The fourth-order valence-corrected chi connectivity index (χ4v) is 3.39. The molecule has 0 amide bonds. The first-order valence-electron chi connectivity index (χ1n) is 9.06. The van der Waals surface area contributed by atoms with Gasteiger partial charge in [-0.3, -0.25) is 0 Å². The summed E-state index contributed by atoms with van der Waals surface area (Å²) in [6.45, 7) is 2.30. The molecule has 0 aliphatic heterocycles. The van der Waals surface area contributed by atoms with Crippen LogP contribution in [0.15, 0.2) is 0 Å². The quantitative estimate of drug-likeness (QED) is 0.219. The van der Waals surface area contributed by atoms with Crippen molar-refractivity contribution in [2.75, 3.05) is 0 Å². The zero-order valence-electron chi connectivity index (χ0n) is 14.9. The van der Waals surface area contributed by atoms with Gasteiger partial charge in [0.05, 0.1) is 0 Å². The van der Waals surface area contributed by atoms with Gasteiger partial charge in [0.15, 0.2) is 0 Å². The smallest absolute Gasteiger partial charge is 0.147 e. The SMILES string of the molecule is CCCCCCCCCCCCCCCCC[CH2][Sn].Cl.O.O. The largest absolute Gasteiger partial charge is 0.412 e. The Balaban J connectivity index is -0.000000540. The summed E-state index contributed by atoms with van der Waals surface area (Å²) in [6.07, 6.45) is 23.7. The molecule has 3 radical (unpaired) electrons. The minimum absolute atomic E-state index is 0. The van der Waals surface area contributed by atoms with Gasteiger partial charge in [0.2, 0.25) is 0 Å². The van der Waals surface area contributed by atoms with Crippen LogP contribution in [0.4, 0.5) is 0 Å². The summed E-state index contributed by atoms with van der Waals surface area (Å²) >= 11 is 1.72. The van der Waals surface area contributed by atoms with Crippen molar-refractivity contribution in [1.82, 2.24) is 0 Å². The zero-order chi connectivity index (χ0) is 14.0. The molecule has 0 spiro atoms. The molecule has 0 bridgehead atoms. The van der Waals surface area contributed by atoms with Gasteiger partial charge in [-0.1, -0.05) is 39.0 Å². The van der Waals surface area contributed by atoms with Crippen LogP contribution in [0, 0.1) is 0 Å². The van der Waals surface area contributed by atoms with Crippen LogP contribution in [0.3, 0.4) is 0 Å². The average molecular weight is 445 g/mol. The summed E-state index contributed by atoms with van der Waals surface area (Å²) in [4.78, 5) is 0. The molecule has 137 valence electrons. The van der Waals surface area contributed by atoms with Crippen LogP contribution in [0.25, 0.3) is 0 Å². The van der Waals surface area contributed by atoms with E-state index in [1.165, 1.54) is 107 Å². The Hall–Kier alpha value is 1.01. The van der Waals surface area contributed by atoms with E-state index in [0.717, 1.165) is 0 Å². The van der Waals surface area contributed by atoms with Crippen molar-refractivity contribution in [2.24, 2.45) is 0 Å². The topological polar surface area (TPSA) is 63.0 Å². The molecule has 0 atom stereocenters. The Labute approximate surface area is 159 Å². The van der Waals surface area contributed by atoms with Crippen molar-refractivity contribution in [2.45, 2.75) is 114 Å². The molecule has 22 heavy (non-hydrogen) atoms. The molecular formula is C18H42ClO2Sn. The van der Waals surface area contributed by atoms with Gasteiger partial charge in [-0.25, -0.2) is 0 Å². The monoisotopic (exact) mass is 445 g/mol. The minimum atomic E-state index is 0. The molecule has 0 heterocycles. The van der Waals surface area contributed by atoms with E-state index in [1.807, 2.05) is 0 Å². The standard InChI is InChI=1S/C18H37.ClH.2H2O.Sn/c1-3-5-7-9-11-13-15-17-18-16-14-12-10-8-6-4-2;;;;/h1,3-18H2,2H3;1H;2*1H2;. The van der Waals surface area contributed by atoms with Crippen molar-refractivity contribution >= 4 is 34.9 Å². The Morgan fingerprint density at radius 2 is 0.682 bits per heavy atom. The molecular weight excluding hydrogens is 402 g/mol. The molecule has 4 N–H and O–H groups in total. The fourth-order valence-electron chi connectivity index (χ4n) is 2.67. The summed E-state index contributed by atoms with van der Waals surface area (Å²) in [5, 5.41) is 0. The van der Waals surface area contributed by atoms with E-state index >= 15 is 0 Å². The van der Waals surface area contributed by atoms with E-state index in [-0.39, 0.29) is 23.4 Å². The third kappa shape index (κ3) is 29.1. The maximum Gasteiger partial charge on any atom is -0.147 e. The summed E-state index contributed by atoms with van der Waals surface area (Å²) in [6, 6.07) is 0. The third-order valence-electron chi connectivity index (χ3n) is 4.03. The molecule has 0 saturated carbocycles. The van der Waals surface area contributed by atoms with Gasteiger partial charge in [-0.2, -0.15) is 0 Å². The number of rotatable bonds is 16. The summed E-state index contributed by atoms with van der Waals surface area (Å²) < 4.78 is 1.46. The van der Waals surface area contributed by atoms with Gasteiger partial charge in [0.25, 0.3) is 0 Å². The van der Waals surface area contributed by atoms with Crippen LogP contribution in [0.1, 0.15) is 110 Å². The molecule has 0 rings (SSSR count). The third-order valence-corrected chi connectivity index (χ3v) is 5.04. The normalized spacial score (nSPS) is 9.55. The zero-order valence-corrected chi connectivity index (χ0v) is 18.6. The van der Waals surface area contributed by atoms with Gasteiger partial charge >= 0.3 is 97.6 Å². The van der Waals surface area contributed by atoms with E-state index in [9.17, 15) is 0 Å². The Morgan fingerprint density at radius 3 is 0.909 bits per heavy atom. The Kier molecular flexibility index (Phi) is 42.0. The first-order chi connectivity index (χ1) is 9.41. The second kappa shape index (κ2) is 30.0. The van der Waals surface area contributed by atoms with Crippen LogP contribution in [0.5, 0.6) is 0 Å². The van der Waals surface area contributed by atoms with E-state index in [4.69, 9.17) is 0 Å². The van der Waals surface area contributed by atoms with Crippen molar-refractivity contribution in [3.63, 3.8) is 0 Å². The van der Waals surface area contributed by atoms with Crippen LogP contribution < -0.4 is 0 Å². The predicted octanol–water partition coefficient (Wildman–Crippen LogP) is 5.61. The molecule has 0 aliphatic rings. The number of halogens is 1. The summed E-state index contributed by atoms with van der Waals surface area (Å²) in [7, 11) is 0. The van der Waals surface area contributed by atoms with E-state index in [2.05, 4.69) is 6.92 Å². The first kappa shape index (κ1) is 30.8. The van der Waals surface area contributed by atoms with Crippen LogP contribution in [-0.2, 0) is 0 Å². The fraction of sp³-hybridized carbons (Fsp3) is 1.00. The Bertz CT molecular complexity index is 144. The van der Waals surface area contributed by atoms with Crippen molar-refractivity contribution in [3.8, 4) is 0 Å². The van der Waals surface area contributed by atoms with Crippen molar-refractivity contribution in [3.05, 3.63) is 0 Å². The summed E-state index contributed by atoms with van der Waals surface area (Å²) in [5.74, 6) is 0. The first-order valence-corrected chi connectivity index (χ1v) is 11.1. The molecule has 4 heteroatoms. The summed E-state index contributed by atoms with van der Waals surface area (Å²) in [5.41, 5.74) is 0. The number of hydrogen-bond donors (Lipinski definition) is 0. The maximum atomic E-state index is 2.30. The minimum Gasteiger partial charge on any atom is -0.412 e. The Morgan fingerprint density at radius 1 is 0.455 bits per heavy atom. The van der Waals surface area contributed by atoms with Gasteiger partial charge in [-0.15, -0.1) is 12.4 Å². The maximum absolute atomic E-state index is 2.30. The van der Waals surface area contributed by atoms with E-state index in [1.54, 1.807) is 22.5 Å². The molecule has 0 saturated heterocycles. The van der Waals surface area contributed by atoms with Crippen LogP contribution >= 0.6 is 12.4 Å². The van der Waals surface area contributed by atoms with Gasteiger partial charge in [0, 0.05) is 0 Å².